The van der Waals surface area contributed by atoms with Crippen molar-refractivity contribution in [2.75, 3.05) is 17.7 Å². The molecular weight excluding hydrogens is 158 g/mol. The zero-order valence-electron chi connectivity index (χ0n) is 6.91. The smallest absolute Gasteiger partial charge is 0.243 e. The quantitative estimate of drug-likeness (QED) is 0.492. The highest BCUT2D eigenvalue weighted by Gasteiger charge is 2.06. The topological polar surface area (TPSA) is 99.8 Å². The van der Waals surface area contributed by atoms with Gasteiger partial charge >= 0.3 is 0 Å². The molecule has 0 spiro atoms. The van der Waals surface area contributed by atoms with Gasteiger partial charge in [-0.05, 0) is 6.42 Å². The predicted molar refractivity (Wildman–Crippen MR) is 45.6 cm³/mol. The number of aromatic amines is 1. The second-order valence-electron chi connectivity index (χ2n) is 2.48. The molecule has 0 radical (unpaired) electrons. The second kappa shape index (κ2) is 3.91. The minimum atomic E-state index is -0.0137. The highest BCUT2D eigenvalue weighted by atomic mass is 16.3. The molecule has 5 N–H and O–H groups in total. The molecule has 1 rings (SSSR count). The molecule has 1 heterocycles. The van der Waals surface area contributed by atoms with E-state index in [1.807, 2.05) is 6.92 Å². The van der Waals surface area contributed by atoms with Crippen molar-refractivity contribution in [3.63, 3.8) is 0 Å². The number of nitrogen functional groups attached to an aromatic ring is 1. The van der Waals surface area contributed by atoms with Crippen molar-refractivity contribution < 1.29 is 5.11 Å². The molecule has 1 unspecified atom stereocenters. The van der Waals surface area contributed by atoms with Gasteiger partial charge in [-0.15, -0.1) is 5.10 Å². The summed E-state index contributed by atoms with van der Waals surface area (Å²) >= 11 is 0. The molecule has 12 heavy (non-hydrogen) atoms. The molecule has 1 atom stereocenters. The van der Waals surface area contributed by atoms with Gasteiger partial charge in [-0.1, -0.05) is 6.92 Å². The molecule has 6 heteroatoms. The second-order valence-corrected chi connectivity index (χ2v) is 2.48. The maximum absolute atomic E-state index is 8.83. The van der Waals surface area contributed by atoms with Crippen LogP contribution in [0.4, 0.5) is 11.9 Å². The van der Waals surface area contributed by atoms with E-state index in [0.29, 0.717) is 5.95 Å². The number of nitrogens with zero attached hydrogens (tertiary/aromatic N) is 2. The lowest BCUT2D eigenvalue weighted by Gasteiger charge is -2.10. The van der Waals surface area contributed by atoms with Crippen molar-refractivity contribution in [2.45, 2.75) is 19.4 Å². The Bertz CT molecular complexity index is 232. The summed E-state index contributed by atoms with van der Waals surface area (Å²) in [5.74, 6) is 0.693. The zero-order valence-corrected chi connectivity index (χ0v) is 6.91. The fourth-order valence-corrected chi connectivity index (χ4v) is 0.798. The van der Waals surface area contributed by atoms with Gasteiger partial charge in [0.2, 0.25) is 11.9 Å². The Morgan fingerprint density at radius 3 is 2.92 bits per heavy atom. The maximum Gasteiger partial charge on any atom is 0.243 e. The van der Waals surface area contributed by atoms with Gasteiger partial charge in [0.25, 0.3) is 0 Å². The lowest BCUT2D eigenvalue weighted by atomic mass is 10.2. The van der Waals surface area contributed by atoms with E-state index in [1.165, 1.54) is 0 Å². The number of hydrogen-bond acceptors (Lipinski definition) is 5. The standard InChI is InChI=1S/C6H13N5O/c1-2-4(3-12)8-6-9-5(7)10-11-6/h4,12H,2-3H2,1H3,(H4,7,8,9,10,11). The molecule has 1 aromatic heterocycles. The van der Waals surface area contributed by atoms with Crippen molar-refractivity contribution in [3.8, 4) is 0 Å². The van der Waals surface area contributed by atoms with E-state index in [4.69, 9.17) is 10.8 Å². The van der Waals surface area contributed by atoms with Crippen molar-refractivity contribution >= 4 is 11.9 Å². The van der Waals surface area contributed by atoms with Gasteiger partial charge in [0.1, 0.15) is 0 Å². The Morgan fingerprint density at radius 2 is 2.50 bits per heavy atom. The third-order valence-electron chi connectivity index (χ3n) is 1.55. The van der Waals surface area contributed by atoms with Crippen LogP contribution in [0.5, 0.6) is 0 Å². The molecule has 0 aromatic carbocycles. The number of H-pyrrole nitrogens is 1. The van der Waals surface area contributed by atoms with E-state index in [2.05, 4.69) is 20.5 Å². The summed E-state index contributed by atoms with van der Waals surface area (Å²) < 4.78 is 0. The number of aliphatic hydroxyl groups excluding tert-OH is 1. The molecule has 0 amide bonds. The van der Waals surface area contributed by atoms with E-state index < -0.39 is 0 Å². The average Bonchev–Trinajstić information content (AvgIpc) is 2.47. The Morgan fingerprint density at radius 1 is 1.75 bits per heavy atom. The number of nitrogens with two attached hydrogens (primary N) is 1. The summed E-state index contributed by atoms with van der Waals surface area (Å²) in [6, 6.07) is -0.0137. The Hall–Kier alpha value is -1.30. The molecule has 6 nitrogen and oxygen atoms in total. The molecule has 68 valence electrons. The first kappa shape index (κ1) is 8.79. The first-order chi connectivity index (χ1) is 5.76. The summed E-state index contributed by atoms with van der Waals surface area (Å²) in [7, 11) is 0. The van der Waals surface area contributed by atoms with Crippen LogP contribution in [0, 0.1) is 0 Å². The van der Waals surface area contributed by atoms with Crippen LogP contribution >= 0.6 is 0 Å². The number of rotatable bonds is 4. The summed E-state index contributed by atoms with van der Waals surface area (Å²) in [6.45, 7) is 2.02. The fraction of sp³-hybridized carbons (Fsp3) is 0.667. The van der Waals surface area contributed by atoms with Crippen LogP contribution in [-0.2, 0) is 0 Å². The number of hydrogen-bond donors (Lipinski definition) is 4. The normalized spacial score (nSPS) is 12.8. The predicted octanol–water partition coefficient (Wildman–Crippen LogP) is -0.430. The van der Waals surface area contributed by atoms with Crippen LogP contribution < -0.4 is 11.1 Å². The molecular formula is C6H13N5O. The van der Waals surface area contributed by atoms with Gasteiger partial charge in [0.15, 0.2) is 0 Å². The number of nitrogens with one attached hydrogen (secondary N) is 2. The zero-order chi connectivity index (χ0) is 8.97. The van der Waals surface area contributed by atoms with Crippen LogP contribution in [0.3, 0.4) is 0 Å². The summed E-state index contributed by atoms with van der Waals surface area (Å²) in [5.41, 5.74) is 5.31. The Kier molecular flexibility index (Phi) is 2.87. The highest BCUT2D eigenvalue weighted by molar-refractivity contribution is 5.30. The van der Waals surface area contributed by atoms with Crippen molar-refractivity contribution in [1.82, 2.24) is 15.2 Å². The molecule has 0 fully saturated rings. The number of aliphatic hydroxyl groups is 1. The molecule has 0 aliphatic heterocycles. The number of anilines is 2. The first-order valence-electron chi connectivity index (χ1n) is 3.81. The first-order valence-corrected chi connectivity index (χ1v) is 3.81. The van der Waals surface area contributed by atoms with Gasteiger partial charge in [0, 0.05) is 0 Å². The Balaban J connectivity index is 2.50. The molecule has 0 aliphatic rings. The minimum Gasteiger partial charge on any atom is -0.394 e. The number of aromatic nitrogens is 3. The molecule has 0 bridgehead atoms. The summed E-state index contributed by atoms with van der Waals surface area (Å²) in [6.07, 6.45) is 0.810. The van der Waals surface area contributed by atoms with Gasteiger partial charge in [-0.2, -0.15) is 4.98 Å². The molecule has 0 saturated heterocycles. The van der Waals surface area contributed by atoms with Crippen molar-refractivity contribution in [3.05, 3.63) is 0 Å². The van der Waals surface area contributed by atoms with E-state index in [-0.39, 0.29) is 18.6 Å². The molecule has 0 saturated carbocycles. The molecule has 0 aliphatic carbocycles. The van der Waals surface area contributed by atoms with Gasteiger partial charge in [-0.3, -0.25) is 0 Å². The minimum absolute atomic E-state index is 0.0137. The van der Waals surface area contributed by atoms with E-state index in [1.54, 1.807) is 0 Å². The van der Waals surface area contributed by atoms with Gasteiger partial charge in [-0.25, -0.2) is 5.10 Å². The van der Waals surface area contributed by atoms with Gasteiger partial charge in [0.05, 0.1) is 12.6 Å². The van der Waals surface area contributed by atoms with Crippen LogP contribution in [0.1, 0.15) is 13.3 Å². The highest BCUT2D eigenvalue weighted by Crippen LogP contribution is 2.02. The SMILES string of the molecule is CCC(CO)Nc1n[nH]c(N)n1. The van der Waals surface area contributed by atoms with Crippen molar-refractivity contribution in [1.29, 1.82) is 0 Å². The van der Waals surface area contributed by atoms with Crippen LogP contribution in [0.25, 0.3) is 0 Å². The summed E-state index contributed by atoms with van der Waals surface area (Å²) in [4.78, 5) is 3.84. The van der Waals surface area contributed by atoms with E-state index >= 15 is 0 Å². The van der Waals surface area contributed by atoms with Crippen LogP contribution in [-0.4, -0.2) is 32.9 Å². The summed E-state index contributed by atoms with van der Waals surface area (Å²) in [5, 5.41) is 18.0. The Labute approximate surface area is 70.2 Å². The average molecular weight is 171 g/mol. The van der Waals surface area contributed by atoms with Gasteiger partial charge < -0.3 is 16.2 Å². The van der Waals surface area contributed by atoms with E-state index in [9.17, 15) is 0 Å². The van der Waals surface area contributed by atoms with Crippen LogP contribution in [0.2, 0.25) is 0 Å². The maximum atomic E-state index is 8.83. The lowest BCUT2D eigenvalue weighted by molar-refractivity contribution is 0.271. The van der Waals surface area contributed by atoms with Crippen molar-refractivity contribution in [2.24, 2.45) is 0 Å². The monoisotopic (exact) mass is 171 g/mol. The largest absolute Gasteiger partial charge is 0.394 e. The van der Waals surface area contributed by atoms with E-state index in [0.717, 1.165) is 6.42 Å². The van der Waals surface area contributed by atoms with Crippen LogP contribution in [0.15, 0.2) is 0 Å². The molecule has 1 aromatic rings. The third kappa shape index (κ3) is 2.09. The lowest BCUT2D eigenvalue weighted by Crippen LogP contribution is -2.23. The fourth-order valence-electron chi connectivity index (χ4n) is 0.798. The third-order valence-corrected chi connectivity index (χ3v) is 1.55.